The summed E-state index contributed by atoms with van der Waals surface area (Å²) in [6.07, 6.45) is 1.22. The van der Waals surface area contributed by atoms with Crippen molar-refractivity contribution < 1.29 is 17.9 Å². The maximum Gasteiger partial charge on any atom is 0.185 e. The third-order valence-electron chi connectivity index (χ3n) is 4.66. The molecule has 1 fully saturated rings. The molecule has 0 unspecified atom stereocenters. The monoisotopic (exact) mass is 341 g/mol. The molecule has 1 aromatic rings. The van der Waals surface area contributed by atoms with E-state index in [1.54, 1.807) is 20.8 Å². The Bertz CT molecular complexity index is 732. The fourth-order valence-electron chi connectivity index (χ4n) is 3.02. The average Bonchev–Trinajstić information content (AvgIpc) is 2.44. The van der Waals surface area contributed by atoms with Gasteiger partial charge in [-0.1, -0.05) is 0 Å². The Labute approximate surface area is 136 Å². The number of fused-ring (bicyclic) bond motifs is 3. The SMILES string of the molecule is Cc1nc2c(c(C(C)(C)S(C)(=O)=O)n1)OC[C@@H]1COC[C@@H](C)N21. The van der Waals surface area contributed by atoms with Crippen LogP contribution in [-0.4, -0.2) is 56.5 Å². The predicted octanol–water partition coefficient (Wildman–Crippen LogP) is 1.05. The second-order valence-electron chi connectivity index (χ2n) is 6.81. The van der Waals surface area contributed by atoms with Gasteiger partial charge in [-0.25, -0.2) is 18.4 Å². The molecule has 0 spiro atoms. The lowest BCUT2D eigenvalue weighted by atomic mass is 10.0. The summed E-state index contributed by atoms with van der Waals surface area (Å²) in [4.78, 5) is 11.1. The van der Waals surface area contributed by atoms with Crippen LogP contribution in [0, 0.1) is 6.92 Å². The van der Waals surface area contributed by atoms with E-state index in [4.69, 9.17) is 9.47 Å². The van der Waals surface area contributed by atoms with E-state index < -0.39 is 14.6 Å². The minimum absolute atomic E-state index is 0.0924. The molecule has 7 nitrogen and oxygen atoms in total. The molecule has 1 aromatic heterocycles. The molecule has 2 aliphatic rings. The van der Waals surface area contributed by atoms with Crippen LogP contribution in [0.4, 0.5) is 5.82 Å². The van der Waals surface area contributed by atoms with Crippen molar-refractivity contribution in [2.75, 3.05) is 31.0 Å². The maximum atomic E-state index is 12.2. The zero-order valence-electron chi connectivity index (χ0n) is 14.2. The van der Waals surface area contributed by atoms with E-state index in [0.717, 1.165) is 0 Å². The zero-order valence-corrected chi connectivity index (χ0v) is 15.0. The number of anilines is 1. The van der Waals surface area contributed by atoms with Crippen molar-refractivity contribution >= 4 is 15.7 Å². The summed E-state index contributed by atoms with van der Waals surface area (Å²) in [6, 6.07) is 0.245. The number of ether oxygens (including phenoxy) is 2. The second kappa shape index (κ2) is 5.31. The molecule has 8 heteroatoms. The number of hydrogen-bond donors (Lipinski definition) is 0. The Balaban J connectivity index is 2.20. The van der Waals surface area contributed by atoms with Gasteiger partial charge in [0.25, 0.3) is 0 Å². The highest BCUT2D eigenvalue weighted by molar-refractivity contribution is 7.91. The van der Waals surface area contributed by atoms with Crippen molar-refractivity contribution in [1.29, 1.82) is 0 Å². The number of sulfone groups is 1. The summed E-state index contributed by atoms with van der Waals surface area (Å²) in [5.74, 6) is 1.70. The molecule has 2 atom stereocenters. The minimum Gasteiger partial charge on any atom is -0.486 e. The molecule has 128 valence electrons. The summed E-state index contributed by atoms with van der Waals surface area (Å²) in [5.41, 5.74) is 0.430. The summed E-state index contributed by atoms with van der Waals surface area (Å²) in [6.45, 7) is 8.79. The van der Waals surface area contributed by atoms with E-state index in [1.165, 1.54) is 6.26 Å². The number of hydrogen-bond acceptors (Lipinski definition) is 7. The van der Waals surface area contributed by atoms with Crippen LogP contribution in [0.3, 0.4) is 0 Å². The van der Waals surface area contributed by atoms with Crippen LogP contribution < -0.4 is 9.64 Å². The minimum atomic E-state index is -3.36. The summed E-state index contributed by atoms with van der Waals surface area (Å²) in [5, 5.41) is 0. The predicted molar refractivity (Wildman–Crippen MR) is 86.7 cm³/mol. The fraction of sp³-hybridized carbons (Fsp3) is 0.733. The van der Waals surface area contributed by atoms with E-state index in [0.29, 0.717) is 42.9 Å². The fourth-order valence-corrected chi connectivity index (χ4v) is 3.51. The Hall–Kier alpha value is -1.41. The van der Waals surface area contributed by atoms with E-state index in [-0.39, 0.29) is 12.1 Å². The first-order chi connectivity index (χ1) is 10.6. The lowest BCUT2D eigenvalue weighted by molar-refractivity contribution is 0.0481. The van der Waals surface area contributed by atoms with Crippen LogP contribution in [-0.2, 0) is 19.3 Å². The Morgan fingerprint density at radius 1 is 1.22 bits per heavy atom. The normalized spacial score (nSPS) is 24.7. The number of rotatable bonds is 2. The van der Waals surface area contributed by atoms with Gasteiger partial charge in [0.2, 0.25) is 0 Å². The third-order valence-corrected chi connectivity index (χ3v) is 6.71. The first-order valence-corrected chi connectivity index (χ1v) is 9.59. The van der Waals surface area contributed by atoms with Gasteiger partial charge in [0.05, 0.1) is 25.3 Å². The molecule has 0 aromatic carbocycles. The highest BCUT2D eigenvalue weighted by atomic mass is 32.2. The molecule has 1 saturated heterocycles. The zero-order chi connectivity index (χ0) is 17.0. The van der Waals surface area contributed by atoms with Gasteiger partial charge in [-0.2, -0.15) is 0 Å². The van der Waals surface area contributed by atoms with Crippen LogP contribution >= 0.6 is 0 Å². The van der Waals surface area contributed by atoms with Gasteiger partial charge >= 0.3 is 0 Å². The van der Waals surface area contributed by atoms with Crippen molar-refractivity contribution in [3.05, 3.63) is 11.5 Å². The first-order valence-electron chi connectivity index (χ1n) is 7.70. The molecule has 0 radical (unpaired) electrons. The van der Waals surface area contributed by atoms with Crippen LogP contribution in [0.25, 0.3) is 0 Å². The molecular formula is C15H23N3O4S. The number of aryl methyl sites for hydroxylation is 1. The van der Waals surface area contributed by atoms with Crippen molar-refractivity contribution in [3.8, 4) is 5.75 Å². The third kappa shape index (κ3) is 2.57. The summed E-state index contributed by atoms with van der Waals surface area (Å²) < 4.78 is 34.8. The number of aromatic nitrogens is 2. The van der Waals surface area contributed by atoms with Crippen LogP contribution in [0.2, 0.25) is 0 Å². The molecule has 0 saturated carbocycles. The van der Waals surface area contributed by atoms with Gasteiger partial charge in [-0.15, -0.1) is 0 Å². The van der Waals surface area contributed by atoms with Crippen molar-refractivity contribution in [1.82, 2.24) is 9.97 Å². The van der Waals surface area contributed by atoms with Gasteiger partial charge in [0.1, 0.15) is 22.9 Å². The van der Waals surface area contributed by atoms with Crippen LogP contribution in [0.5, 0.6) is 5.75 Å². The van der Waals surface area contributed by atoms with E-state index in [9.17, 15) is 8.42 Å². The van der Waals surface area contributed by atoms with Gasteiger partial charge in [-0.3, -0.25) is 0 Å². The van der Waals surface area contributed by atoms with Crippen molar-refractivity contribution in [2.24, 2.45) is 0 Å². The lowest BCUT2D eigenvalue weighted by Gasteiger charge is -2.45. The summed E-state index contributed by atoms with van der Waals surface area (Å²) in [7, 11) is -3.36. The topological polar surface area (TPSA) is 81.6 Å². The molecule has 0 N–H and O–H groups in total. The molecule has 0 aliphatic carbocycles. The van der Waals surface area contributed by atoms with Gasteiger partial charge in [0, 0.05) is 6.26 Å². The standard InChI is InChI=1S/C15H23N3O4S/c1-9-6-21-7-11-8-22-12-13(15(3,4)23(5,19)20)16-10(2)17-14(12)18(9)11/h9,11H,6-8H2,1-5H3/t9-,11+/m1/s1. The van der Waals surface area contributed by atoms with Crippen LogP contribution in [0.1, 0.15) is 32.3 Å². The molecule has 3 heterocycles. The van der Waals surface area contributed by atoms with Crippen molar-refractivity contribution in [2.45, 2.75) is 44.5 Å². The Morgan fingerprint density at radius 3 is 2.57 bits per heavy atom. The van der Waals surface area contributed by atoms with Gasteiger partial charge in [-0.05, 0) is 27.7 Å². The molecule has 0 bridgehead atoms. The number of nitrogens with zero attached hydrogens (tertiary/aromatic N) is 3. The molecule has 3 rings (SSSR count). The number of morpholine rings is 1. The quantitative estimate of drug-likeness (QED) is 0.795. The van der Waals surface area contributed by atoms with Crippen molar-refractivity contribution in [3.63, 3.8) is 0 Å². The average molecular weight is 341 g/mol. The highest BCUT2D eigenvalue weighted by Crippen LogP contribution is 2.43. The lowest BCUT2D eigenvalue weighted by Crippen LogP contribution is -2.56. The molecular weight excluding hydrogens is 318 g/mol. The molecule has 23 heavy (non-hydrogen) atoms. The highest BCUT2D eigenvalue weighted by Gasteiger charge is 2.43. The second-order valence-corrected chi connectivity index (χ2v) is 9.38. The van der Waals surface area contributed by atoms with Gasteiger partial charge in [0.15, 0.2) is 21.4 Å². The molecule has 2 aliphatic heterocycles. The van der Waals surface area contributed by atoms with E-state index in [1.807, 2.05) is 0 Å². The van der Waals surface area contributed by atoms with E-state index in [2.05, 4.69) is 21.8 Å². The largest absolute Gasteiger partial charge is 0.486 e. The van der Waals surface area contributed by atoms with Gasteiger partial charge < -0.3 is 14.4 Å². The van der Waals surface area contributed by atoms with E-state index >= 15 is 0 Å². The Morgan fingerprint density at radius 2 is 1.91 bits per heavy atom. The maximum absolute atomic E-state index is 12.2. The first kappa shape index (κ1) is 16.4. The smallest absolute Gasteiger partial charge is 0.185 e. The Kier molecular flexibility index (Phi) is 3.79. The summed E-state index contributed by atoms with van der Waals surface area (Å²) >= 11 is 0. The van der Waals surface area contributed by atoms with Crippen LogP contribution in [0.15, 0.2) is 0 Å². The molecule has 0 amide bonds.